The molecule has 0 amide bonds. The number of methoxy groups -OCH3 is 1. The first-order valence-corrected chi connectivity index (χ1v) is 30.5. The fourth-order valence-electron chi connectivity index (χ4n) is 11.3. The van der Waals surface area contributed by atoms with Gasteiger partial charge < -0.3 is 4.74 Å². The number of pyridine rings is 4. The van der Waals surface area contributed by atoms with Crippen LogP contribution in [-0.4, -0.2) is 27.0 Å². The Balaban J connectivity index is 0.000000183. The minimum absolute atomic E-state index is 0.598. The van der Waals surface area contributed by atoms with Gasteiger partial charge in [-0.25, -0.2) is 0 Å². The monoisotopic (exact) mass is 1080 g/mol. The van der Waals surface area contributed by atoms with Crippen LogP contribution in [0.4, 0.5) is 0 Å². The molecular formula is C65H90Cl4N4O. The summed E-state index contributed by atoms with van der Waals surface area (Å²) in [6.07, 6.45) is 47.4. The van der Waals surface area contributed by atoms with Gasteiger partial charge in [0.25, 0.3) is 0 Å². The van der Waals surface area contributed by atoms with Gasteiger partial charge in [0.2, 0.25) is 0 Å². The lowest BCUT2D eigenvalue weighted by Gasteiger charge is -2.26. The van der Waals surface area contributed by atoms with Gasteiger partial charge in [-0.05, 0) is 206 Å². The molecule has 0 radical (unpaired) electrons. The van der Waals surface area contributed by atoms with Gasteiger partial charge in [-0.2, -0.15) is 0 Å². The summed E-state index contributed by atoms with van der Waals surface area (Å²) >= 11 is 22.6. The molecule has 4 aromatic rings. The molecule has 4 aromatic heterocycles. The molecule has 4 heterocycles. The van der Waals surface area contributed by atoms with E-state index in [0.29, 0.717) is 47.3 Å². The van der Waals surface area contributed by atoms with Crippen LogP contribution in [0.1, 0.15) is 225 Å². The number of hydrogen-bond donors (Lipinski definition) is 0. The zero-order chi connectivity index (χ0) is 52.6. The summed E-state index contributed by atoms with van der Waals surface area (Å²) in [5.74, 6) is 6.07. The van der Waals surface area contributed by atoms with Crippen molar-refractivity contribution in [1.29, 1.82) is 0 Å². The molecule has 4 fully saturated rings. The largest absolute Gasteiger partial charge is 0.495 e. The molecule has 4 aliphatic carbocycles. The van der Waals surface area contributed by atoms with Crippen molar-refractivity contribution in [3.63, 3.8) is 0 Å². The van der Waals surface area contributed by atoms with Gasteiger partial charge in [-0.1, -0.05) is 135 Å². The molecule has 0 aliphatic heterocycles. The van der Waals surface area contributed by atoms with Crippen molar-refractivity contribution in [1.82, 2.24) is 19.9 Å². The average Bonchev–Trinajstić information content (AvgIpc) is 3.45. The van der Waals surface area contributed by atoms with E-state index in [2.05, 4.69) is 121 Å². The van der Waals surface area contributed by atoms with Crippen LogP contribution < -0.4 is 4.74 Å². The normalized spacial score (nSPS) is 24.2. The van der Waals surface area contributed by atoms with Crippen LogP contribution >= 0.6 is 46.4 Å². The van der Waals surface area contributed by atoms with E-state index in [9.17, 15) is 0 Å². The number of allylic oxidation sites excluding steroid dienone is 4. The lowest BCUT2D eigenvalue weighted by atomic mass is 9.80. The zero-order valence-corrected chi connectivity index (χ0v) is 48.6. The highest BCUT2D eigenvalue weighted by Gasteiger charge is 2.25. The van der Waals surface area contributed by atoms with Crippen molar-refractivity contribution in [2.75, 3.05) is 7.11 Å². The second-order valence-corrected chi connectivity index (χ2v) is 22.4. The van der Waals surface area contributed by atoms with Crippen molar-refractivity contribution in [3.05, 3.63) is 159 Å². The number of nitrogens with zero attached hydrogens (tertiary/aromatic N) is 4. The van der Waals surface area contributed by atoms with Crippen LogP contribution in [0.5, 0.6) is 5.75 Å². The van der Waals surface area contributed by atoms with Crippen LogP contribution in [0, 0.1) is 23.7 Å². The van der Waals surface area contributed by atoms with Crippen LogP contribution in [0.15, 0.2) is 120 Å². The van der Waals surface area contributed by atoms with E-state index in [1.165, 1.54) is 187 Å². The first-order valence-electron chi connectivity index (χ1n) is 28.7. The Labute approximate surface area is 468 Å². The summed E-state index contributed by atoms with van der Waals surface area (Å²) in [5.41, 5.74) is 15.8. The SMILES string of the molecule is CCCCCc1ccc(C2CCC(/C=C/Cl)CC2)nc1.CCCCc1ccc(C2CCC(/C=C/Cl)CC2)nc1.CCCc1ccc(C2CCC(/C=C/Cl)CC2)nc1.COc1ccc(C2CCC(/C=C/Cl)CC2)nc1. The van der Waals surface area contributed by atoms with Gasteiger partial charge >= 0.3 is 0 Å². The van der Waals surface area contributed by atoms with Crippen molar-refractivity contribution >= 4 is 46.4 Å². The Morgan fingerprint density at radius 3 is 0.946 bits per heavy atom. The molecule has 5 nitrogen and oxygen atoms in total. The molecule has 0 bridgehead atoms. The van der Waals surface area contributed by atoms with Crippen molar-refractivity contribution in [2.24, 2.45) is 23.7 Å². The van der Waals surface area contributed by atoms with E-state index in [4.69, 9.17) is 56.1 Å². The number of ether oxygens (including phenoxy) is 1. The molecule has 0 atom stereocenters. The Kier molecular flexibility index (Phi) is 30.3. The lowest BCUT2D eigenvalue weighted by molar-refractivity contribution is 0.370. The highest BCUT2D eigenvalue weighted by molar-refractivity contribution is 6.26. The van der Waals surface area contributed by atoms with Gasteiger partial charge in [0.1, 0.15) is 5.75 Å². The molecule has 0 unspecified atom stereocenters. The summed E-state index contributed by atoms with van der Waals surface area (Å²) < 4.78 is 5.12. The molecule has 4 aliphatic rings. The Morgan fingerprint density at radius 2 is 0.689 bits per heavy atom. The number of unbranched alkanes of at least 4 members (excludes halogenated alkanes) is 3. The Hall–Kier alpha value is -3.48. The number of hydrogen-bond acceptors (Lipinski definition) is 5. The minimum Gasteiger partial charge on any atom is -0.495 e. The molecule has 4 saturated carbocycles. The second-order valence-electron chi connectivity index (χ2n) is 21.4. The summed E-state index contributed by atoms with van der Waals surface area (Å²) in [6.45, 7) is 6.69. The molecule has 8 rings (SSSR count). The summed E-state index contributed by atoms with van der Waals surface area (Å²) in [4.78, 5) is 18.5. The third-order valence-corrected chi connectivity index (χ3v) is 16.7. The van der Waals surface area contributed by atoms with Crippen LogP contribution in [0.2, 0.25) is 0 Å². The van der Waals surface area contributed by atoms with E-state index in [1.54, 1.807) is 35.4 Å². The van der Waals surface area contributed by atoms with Gasteiger partial charge in [0.15, 0.2) is 0 Å². The van der Waals surface area contributed by atoms with Gasteiger partial charge in [0.05, 0.1) is 13.3 Å². The van der Waals surface area contributed by atoms with Crippen LogP contribution in [0.25, 0.3) is 0 Å². The lowest BCUT2D eigenvalue weighted by Crippen LogP contribution is -2.12. The number of halogens is 4. The standard InChI is InChI=1S/C18H26ClN.C17H24ClN.C16H22ClN.C14H18ClNO/c1-2-3-4-5-16-8-11-18(20-14-16)17-9-6-15(7-10-17)12-13-19;1-2-3-4-15-7-10-17(19-13-15)16-8-5-14(6-9-16)11-12-18;1-2-3-14-6-9-16(18-12-14)15-7-4-13(5-8-15)10-11-17;1-17-13-6-7-14(16-10-13)12-4-2-11(3-5-12)8-9-15/h8,11-15,17H,2-7,9-10H2,1H3;7,10-14,16H,2-6,8-9H2,1H3;6,9-13,15H,2-5,7-8H2,1H3;6-12H,2-5H2,1H3/b13-12+;12-11+;11-10+;9-8+. The molecule has 0 aromatic carbocycles. The molecule has 74 heavy (non-hydrogen) atoms. The van der Waals surface area contributed by atoms with Gasteiger partial charge in [0, 0.05) is 87.2 Å². The fraction of sp³-hybridized carbons (Fsp3) is 0.569. The predicted molar refractivity (Wildman–Crippen MR) is 318 cm³/mol. The Morgan fingerprint density at radius 1 is 0.378 bits per heavy atom. The van der Waals surface area contributed by atoms with Gasteiger partial charge in [-0.15, -0.1) is 0 Å². The quantitative estimate of drug-likeness (QED) is 0.0929. The molecular weight excluding hydrogens is 995 g/mol. The van der Waals surface area contributed by atoms with Crippen molar-refractivity contribution in [2.45, 2.75) is 205 Å². The van der Waals surface area contributed by atoms with Crippen molar-refractivity contribution < 1.29 is 4.74 Å². The minimum atomic E-state index is 0.598. The maximum Gasteiger partial charge on any atom is 0.137 e. The fourth-order valence-corrected chi connectivity index (χ4v) is 12.1. The highest BCUT2D eigenvalue weighted by Crippen LogP contribution is 2.39. The predicted octanol–water partition coefficient (Wildman–Crippen LogP) is 20.5. The van der Waals surface area contributed by atoms with E-state index >= 15 is 0 Å². The first-order chi connectivity index (χ1) is 36.3. The topological polar surface area (TPSA) is 60.8 Å². The summed E-state index contributed by atoms with van der Waals surface area (Å²) in [7, 11) is 1.67. The maximum absolute atomic E-state index is 5.66. The van der Waals surface area contributed by atoms with Crippen molar-refractivity contribution in [3.8, 4) is 5.75 Å². The summed E-state index contributed by atoms with van der Waals surface area (Å²) in [6, 6.07) is 17.6. The van der Waals surface area contributed by atoms with E-state index in [1.807, 2.05) is 6.07 Å². The van der Waals surface area contributed by atoms with Crippen LogP contribution in [-0.2, 0) is 19.3 Å². The molecule has 0 N–H and O–H groups in total. The van der Waals surface area contributed by atoms with Gasteiger partial charge in [-0.3, -0.25) is 19.9 Å². The van der Waals surface area contributed by atoms with E-state index < -0.39 is 0 Å². The molecule has 9 heteroatoms. The maximum atomic E-state index is 5.66. The highest BCUT2D eigenvalue weighted by atomic mass is 35.5. The van der Waals surface area contributed by atoms with Crippen LogP contribution in [0.3, 0.4) is 0 Å². The second kappa shape index (κ2) is 36.5. The summed E-state index contributed by atoms with van der Waals surface area (Å²) in [5, 5.41) is 0. The average molecular weight is 1090 g/mol. The zero-order valence-electron chi connectivity index (χ0n) is 45.6. The number of aryl methyl sites for hydroxylation is 3. The number of rotatable bonds is 18. The third-order valence-electron chi connectivity index (χ3n) is 16.1. The molecule has 0 spiro atoms. The van der Waals surface area contributed by atoms with E-state index in [0.717, 1.165) is 18.6 Å². The molecule has 0 saturated heterocycles. The molecule has 404 valence electrons. The third kappa shape index (κ3) is 22.2. The van der Waals surface area contributed by atoms with E-state index in [-0.39, 0.29) is 0 Å². The Bertz CT molecular complexity index is 2160. The smallest absolute Gasteiger partial charge is 0.137 e. The number of aromatic nitrogens is 4. The first kappa shape index (κ1) is 61.4.